The Morgan fingerprint density at radius 1 is 1.17 bits per heavy atom. The summed E-state index contributed by atoms with van der Waals surface area (Å²) in [7, 11) is 1.82. The average molecular weight is 245 g/mol. The summed E-state index contributed by atoms with van der Waals surface area (Å²) < 4.78 is 5.74. The van der Waals surface area contributed by atoms with E-state index < -0.39 is 5.54 Å². The van der Waals surface area contributed by atoms with Crippen molar-refractivity contribution in [3.63, 3.8) is 0 Å². The molecular weight excluding hydrogens is 226 g/mol. The minimum atomic E-state index is -0.411. The third-order valence-electron chi connectivity index (χ3n) is 3.23. The summed E-state index contributed by atoms with van der Waals surface area (Å²) in [4.78, 5) is 0. The maximum absolute atomic E-state index is 9.29. The number of aliphatic hydroxyl groups is 1. The van der Waals surface area contributed by atoms with E-state index in [2.05, 4.69) is 17.4 Å². The quantitative estimate of drug-likeness (QED) is 0.848. The molecular formula is C15H19NO2. The fourth-order valence-corrected chi connectivity index (χ4v) is 1.70. The monoisotopic (exact) mass is 245 g/mol. The van der Waals surface area contributed by atoms with Gasteiger partial charge in [0.05, 0.1) is 12.1 Å². The number of benzene rings is 2. The molecule has 96 valence electrons. The Kier molecular flexibility index (Phi) is 3.84. The highest BCUT2D eigenvalue weighted by Crippen LogP contribution is 2.21. The molecule has 1 unspecified atom stereocenters. The van der Waals surface area contributed by atoms with E-state index in [0.29, 0.717) is 6.61 Å². The Morgan fingerprint density at radius 2 is 1.89 bits per heavy atom. The molecule has 0 bridgehead atoms. The molecule has 0 amide bonds. The van der Waals surface area contributed by atoms with Gasteiger partial charge in [0.2, 0.25) is 0 Å². The van der Waals surface area contributed by atoms with E-state index in [1.54, 1.807) is 0 Å². The van der Waals surface area contributed by atoms with Crippen molar-refractivity contribution in [2.24, 2.45) is 0 Å². The predicted octanol–water partition coefficient (Wildman–Crippen LogP) is 2.19. The van der Waals surface area contributed by atoms with E-state index in [1.165, 1.54) is 5.39 Å². The minimum absolute atomic E-state index is 0.0388. The summed E-state index contributed by atoms with van der Waals surface area (Å²) in [6, 6.07) is 14.2. The highest BCUT2D eigenvalue weighted by molar-refractivity contribution is 5.83. The maximum Gasteiger partial charge on any atom is 0.120 e. The van der Waals surface area contributed by atoms with Crippen LogP contribution in [0.15, 0.2) is 42.5 Å². The highest BCUT2D eigenvalue weighted by Gasteiger charge is 2.21. The first-order valence-corrected chi connectivity index (χ1v) is 6.08. The van der Waals surface area contributed by atoms with Gasteiger partial charge in [0, 0.05) is 0 Å². The van der Waals surface area contributed by atoms with Crippen LogP contribution in [-0.4, -0.2) is 30.9 Å². The lowest BCUT2D eigenvalue weighted by molar-refractivity contribution is 0.122. The molecule has 0 aliphatic heterocycles. The topological polar surface area (TPSA) is 41.5 Å². The molecule has 2 N–H and O–H groups in total. The number of hydrogen-bond acceptors (Lipinski definition) is 3. The normalized spacial score (nSPS) is 14.4. The minimum Gasteiger partial charge on any atom is -0.492 e. The maximum atomic E-state index is 9.29. The van der Waals surface area contributed by atoms with Gasteiger partial charge in [-0.05, 0) is 36.9 Å². The van der Waals surface area contributed by atoms with E-state index in [0.717, 1.165) is 11.1 Å². The molecule has 0 aromatic heterocycles. The smallest absolute Gasteiger partial charge is 0.120 e. The Bertz CT molecular complexity index is 521. The lowest BCUT2D eigenvalue weighted by Gasteiger charge is -2.26. The Balaban J connectivity index is 2.12. The van der Waals surface area contributed by atoms with Gasteiger partial charge in [-0.25, -0.2) is 0 Å². The Labute approximate surface area is 107 Å². The van der Waals surface area contributed by atoms with Gasteiger partial charge in [-0.2, -0.15) is 0 Å². The fraction of sp³-hybridized carbons (Fsp3) is 0.333. The molecule has 2 rings (SSSR count). The van der Waals surface area contributed by atoms with E-state index in [-0.39, 0.29) is 6.61 Å². The molecule has 1 atom stereocenters. The number of hydrogen-bond donors (Lipinski definition) is 2. The van der Waals surface area contributed by atoms with Crippen molar-refractivity contribution in [3.8, 4) is 5.75 Å². The number of rotatable bonds is 5. The van der Waals surface area contributed by atoms with E-state index in [4.69, 9.17) is 4.74 Å². The zero-order valence-electron chi connectivity index (χ0n) is 10.8. The van der Waals surface area contributed by atoms with Crippen LogP contribution in [0.5, 0.6) is 5.75 Å². The lowest BCUT2D eigenvalue weighted by Crippen LogP contribution is -2.48. The summed E-state index contributed by atoms with van der Waals surface area (Å²) in [6.07, 6.45) is 0. The van der Waals surface area contributed by atoms with Crippen LogP contribution in [0, 0.1) is 0 Å². The molecule has 0 radical (unpaired) electrons. The first-order valence-electron chi connectivity index (χ1n) is 6.08. The van der Waals surface area contributed by atoms with Crippen LogP contribution in [0.25, 0.3) is 10.8 Å². The molecule has 18 heavy (non-hydrogen) atoms. The molecule has 0 spiro atoms. The number of likely N-dealkylation sites (N-methyl/N-ethyl adjacent to an activating group) is 1. The number of aliphatic hydroxyl groups excluding tert-OH is 1. The van der Waals surface area contributed by atoms with Gasteiger partial charge in [-0.15, -0.1) is 0 Å². The first kappa shape index (κ1) is 12.9. The molecule has 2 aromatic carbocycles. The van der Waals surface area contributed by atoms with Gasteiger partial charge in [-0.1, -0.05) is 30.3 Å². The van der Waals surface area contributed by atoms with Gasteiger partial charge in [0.25, 0.3) is 0 Å². The molecule has 0 saturated heterocycles. The van der Waals surface area contributed by atoms with Crippen LogP contribution in [0.4, 0.5) is 0 Å². The number of nitrogens with one attached hydrogen (secondary N) is 1. The van der Waals surface area contributed by atoms with Crippen molar-refractivity contribution in [2.45, 2.75) is 12.5 Å². The summed E-state index contributed by atoms with van der Waals surface area (Å²) in [5, 5.41) is 14.7. The fourth-order valence-electron chi connectivity index (χ4n) is 1.70. The second kappa shape index (κ2) is 5.38. The summed E-state index contributed by atoms with van der Waals surface area (Å²) in [6.45, 7) is 2.39. The molecule has 0 fully saturated rings. The largest absolute Gasteiger partial charge is 0.492 e. The molecule has 0 heterocycles. The molecule has 3 nitrogen and oxygen atoms in total. The highest BCUT2D eigenvalue weighted by atomic mass is 16.5. The van der Waals surface area contributed by atoms with Crippen LogP contribution >= 0.6 is 0 Å². The molecule has 0 aliphatic rings. The van der Waals surface area contributed by atoms with Gasteiger partial charge in [-0.3, -0.25) is 0 Å². The average Bonchev–Trinajstić information content (AvgIpc) is 2.44. The van der Waals surface area contributed by atoms with E-state index >= 15 is 0 Å². The molecule has 2 aromatic rings. The van der Waals surface area contributed by atoms with Crippen LogP contribution in [0.3, 0.4) is 0 Å². The lowest BCUT2D eigenvalue weighted by atomic mass is 10.1. The van der Waals surface area contributed by atoms with Crippen LogP contribution < -0.4 is 10.1 Å². The van der Waals surface area contributed by atoms with Gasteiger partial charge in [0.15, 0.2) is 0 Å². The summed E-state index contributed by atoms with van der Waals surface area (Å²) in [5.41, 5.74) is -0.411. The number of fused-ring (bicyclic) bond motifs is 1. The SMILES string of the molecule is CNC(C)(CO)COc1ccc2ccccc2c1. The first-order chi connectivity index (χ1) is 8.67. The Morgan fingerprint density at radius 3 is 2.56 bits per heavy atom. The van der Waals surface area contributed by atoms with E-state index in [9.17, 15) is 5.11 Å². The third-order valence-corrected chi connectivity index (χ3v) is 3.23. The van der Waals surface area contributed by atoms with Gasteiger partial charge in [0.1, 0.15) is 12.4 Å². The van der Waals surface area contributed by atoms with Gasteiger partial charge < -0.3 is 15.2 Å². The van der Waals surface area contributed by atoms with Crippen molar-refractivity contribution in [2.75, 3.05) is 20.3 Å². The van der Waals surface area contributed by atoms with Crippen molar-refractivity contribution >= 4 is 10.8 Å². The van der Waals surface area contributed by atoms with Crippen LogP contribution in [0.2, 0.25) is 0 Å². The van der Waals surface area contributed by atoms with Crippen molar-refractivity contribution in [1.82, 2.24) is 5.32 Å². The second-order valence-electron chi connectivity index (χ2n) is 4.77. The van der Waals surface area contributed by atoms with Crippen molar-refractivity contribution in [1.29, 1.82) is 0 Å². The molecule has 3 heteroatoms. The van der Waals surface area contributed by atoms with Crippen molar-refractivity contribution < 1.29 is 9.84 Å². The standard InChI is InChI=1S/C15H19NO2/c1-15(10-17,16-2)11-18-14-8-7-12-5-3-4-6-13(12)9-14/h3-9,16-17H,10-11H2,1-2H3. The molecule has 0 aliphatic carbocycles. The third kappa shape index (κ3) is 2.81. The van der Waals surface area contributed by atoms with Crippen LogP contribution in [-0.2, 0) is 0 Å². The summed E-state index contributed by atoms with van der Waals surface area (Å²) >= 11 is 0. The van der Waals surface area contributed by atoms with Crippen molar-refractivity contribution in [3.05, 3.63) is 42.5 Å². The summed E-state index contributed by atoms with van der Waals surface area (Å²) in [5.74, 6) is 0.823. The second-order valence-corrected chi connectivity index (χ2v) is 4.77. The zero-order valence-corrected chi connectivity index (χ0v) is 10.8. The number of ether oxygens (including phenoxy) is 1. The predicted molar refractivity (Wildman–Crippen MR) is 74.0 cm³/mol. The molecule has 0 saturated carbocycles. The van der Waals surface area contributed by atoms with Gasteiger partial charge >= 0.3 is 0 Å². The zero-order chi connectivity index (χ0) is 13.0. The van der Waals surface area contributed by atoms with E-state index in [1.807, 2.05) is 44.3 Å². The Hall–Kier alpha value is -1.58. The van der Waals surface area contributed by atoms with Crippen LogP contribution in [0.1, 0.15) is 6.92 Å².